The van der Waals surface area contributed by atoms with Crippen LogP contribution in [0.4, 0.5) is 0 Å². The monoisotopic (exact) mass is 263 g/mol. The Morgan fingerprint density at radius 1 is 1.32 bits per heavy atom. The van der Waals surface area contributed by atoms with Gasteiger partial charge in [-0.1, -0.05) is 25.5 Å². The van der Waals surface area contributed by atoms with Crippen molar-refractivity contribution in [3.8, 4) is 0 Å². The van der Waals surface area contributed by atoms with Crippen LogP contribution >= 0.6 is 0 Å². The van der Waals surface area contributed by atoms with Crippen LogP contribution in [-0.2, 0) is 9.53 Å². The van der Waals surface area contributed by atoms with E-state index in [4.69, 9.17) is 4.74 Å². The number of nitrogens with zero attached hydrogens (tertiary/aromatic N) is 1. The summed E-state index contributed by atoms with van der Waals surface area (Å²) in [4.78, 5) is 14.0. The number of amides is 1. The van der Waals surface area contributed by atoms with Gasteiger partial charge in [0.2, 0.25) is 5.91 Å². The summed E-state index contributed by atoms with van der Waals surface area (Å²) >= 11 is 0. The zero-order chi connectivity index (χ0) is 13.9. The van der Waals surface area contributed by atoms with Gasteiger partial charge in [0.15, 0.2) is 0 Å². The average Bonchev–Trinajstić information content (AvgIpc) is 2.38. The lowest BCUT2D eigenvalue weighted by molar-refractivity contribution is -0.129. The maximum atomic E-state index is 12.1. The summed E-state index contributed by atoms with van der Waals surface area (Å²) in [5.74, 6) is 0.116. The summed E-state index contributed by atoms with van der Waals surface area (Å²) in [6.07, 6.45) is 7.42. The van der Waals surface area contributed by atoms with Crippen LogP contribution < -0.4 is 0 Å². The number of ether oxygens (including phenoxy) is 1. The molecular formula is C16H25NO2. The Kier molecular flexibility index (Phi) is 4.46. The number of rotatable bonds is 2. The van der Waals surface area contributed by atoms with Crippen molar-refractivity contribution in [3.63, 3.8) is 0 Å². The summed E-state index contributed by atoms with van der Waals surface area (Å²) in [5.41, 5.74) is 2.98. The van der Waals surface area contributed by atoms with Gasteiger partial charge in [-0.15, -0.1) is 0 Å². The van der Waals surface area contributed by atoms with Crippen LogP contribution in [-0.4, -0.2) is 37.1 Å². The molecule has 1 amide bonds. The fourth-order valence-corrected chi connectivity index (χ4v) is 3.05. The van der Waals surface area contributed by atoms with Crippen molar-refractivity contribution in [1.29, 1.82) is 0 Å². The molecule has 0 saturated carbocycles. The number of hydrogen-bond acceptors (Lipinski definition) is 2. The minimum absolute atomic E-state index is 0.116. The van der Waals surface area contributed by atoms with E-state index in [1.165, 1.54) is 24.0 Å². The molecule has 0 aromatic rings. The van der Waals surface area contributed by atoms with Crippen molar-refractivity contribution in [3.05, 3.63) is 23.3 Å². The third kappa shape index (κ3) is 3.47. The van der Waals surface area contributed by atoms with Crippen LogP contribution in [0.1, 0.15) is 40.0 Å². The molecule has 0 unspecified atom stereocenters. The van der Waals surface area contributed by atoms with Crippen LogP contribution in [0.15, 0.2) is 23.3 Å². The maximum Gasteiger partial charge on any atom is 0.246 e. The smallest absolute Gasteiger partial charge is 0.246 e. The third-order valence-corrected chi connectivity index (χ3v) is 4.26. The fraction of sp³-hybridized carbons (Fsp3) is 0.688. The third-order valence-electron chi connectivity index (χ3n) is 4.26. The van der Waals surface area contributed by atoms with Crippen LogP contribution in [0.5, 0.6) is 0 Å². The molecule has 0 aromatic heterocycles. The fourth-order valence-electron chi connectivity index (χ4n) is 3.05. The highest BCUT2D eigenvalue weighted by atomic mass is 16.5. The summed E-state index contributed by atoms with van der Waals surface area (Å²) in [6.45, 7) is 9.48. The molecular weight excluding hydrogens is 238 g/mol. The van der Waals surface area contributed by atoms with E-state index in [0.717, 1.165) is 6.42 Å². The van der Waals surface area contributed by atoms with Gasteiger partial charge in [-0.2, -0.15) is 0 Å². The van der Waals surface area contributed by atoms with Crippen LogP contribution in [0.25, 0.3) is 0 Å². The Morgan fingerprint density at radius 2 is 2.00 bits per heavy atom. The molecule has 106 valence electrons. The molecule has 1 heterocycles. The Hall–Kier alpha value is -1.09. The predicted molar refractivity (Wildman–Crippen MR) is 76.9 cm³/mol. The van der Waals surface area contributed by atoms with E-state index in [-0.39, 0.29) is 11.3 Å². The highest BCUT2D eigenvalue weighted by Crippen LogP contribution is 2.40. The Balaban J connectivity index is 2.06. The molecule has 19 heavy (non-hydrogen) atoms. The first-order chi connectivity index (χ1) is 9.00. The van der Waals surface area contributed by atoms with E-state index >= 15 is 0 Å². The molecule has 1 aliphatic carbocycles. The summed E-state index contributed by atoms with van der Waals surface area (Å²) in [6, 6.07) is 0. The topological polar surface area (TPSA) is 29.5 Å². The highest BCUT2D eigenvalue weighted by molar-refractivity contribution is 5.88. The molecule has 0 atom stereocenters. The lowest BCUT2D eigenvalue weighted by atomic mass is 9.72. The molecule has 2 aliphatic rings. The number of carbonyl (C=O) groups is 1. The van der Waals surface area contributed by atoms with E-state index < -0.39 is 0 Å². The number of carbonyl (C=O) groups excluding carboxylic acids is 1. The largest absolute Gasteiger partial charge is 0.378 e. The van der Waals surface area contributed by atoms with E-state index in [9.17, 15) is 4.79 Å². The molecule has 0 spiro atoms. The van der Waals surface area contributed by atoms with Gasteiger partial charge in [0.1, 0.15) is 0 Å². The first-order valence-corrected chi connectivity index (χ1v) is 7.26. The van der Waals surface area contributed by atoms with E-state index in [0.29, 0.717) is 26.3 Å². The standard InChI is InChI=1S/C16H25NO2/c1-13-5-4-8-16(2,3)14(13)6-7-15(18)17-9-11-19-12-10-17/h6-7H,4-5,8-12H2,1-3H3/b7-6+. The van der Waals surface area contributed by atoms with Gasteiger partial charge in [-0.05, 0) is 37.2 Å². The molecule has 0 bridgehead atoms. The molecule has 1 aliphatic heterocycles. The van der Waals surface area contributed by atoms with Crippen molar-refractivity contribution >= 4 is 5.91 Å². The predicted octanol–water partition coefficient (Wildman–Crippen LogP) is 2.93. The number of morpholine rings is 1. The van der Waals surface area contributed by atoms with Gasteiger partial charge in [0.25, 0.3) is 0 Å². The van der Waals surface area contributed by atoms with Gasteiger partial charge in [0, 0.05) is 19.2 Å². The van der Waals surface area contributed by atoms with Gasteiger partial charge in [-0.3, -0.25) is 4.79 Å². The summed E-state index contributed by atoms with van der Waals surface area (Å²) < 4.78 is 5.27. The van der Waals surface area contributed by atoms with E-state index in [1.54, 1.807) is 6.08 Å². The van der Waals surface area contributed by atoms with E-state index in [2.05, 4.69) is 20.8 Å². The quantitative estimate of drug-likeness (QED) is 0.717. The summed E-state index contributed by atoms with van der Waals surface area (Å²) in [5, 5.41) is 0. The van der Waals surface area contributed by atoms with Crippen LogP contribution in [0, 0.1) is 5.41 Å². The highest BCUT2D eigenvalue weighted by Gasteiger charge is 2.26. The second-order valence-corrected chi connectivity index (χ2v) is 6.20. The van der Waals surface area contributed by atoms with Crippen LogP contribution in [0.3, 0.4) is 0 Å². The summed E-state index contributed by atoms with van der Waals surface area (Å²) in [7, 11) is 0. The van der Waals surface area contributed by atoms with Gasteiger partial charge >= 0.3 is 0 Å². The molecule has 0 aromatic carbocycles. The Bertz CT molecular complexity index is 401. The molecule has 1 fully saturated rings. The van der Waals surface area contributed by atoms with Gasteiger partial charge < -0.3 is 9.64 Å². The van der Waals surface area contributed by atoms with Crippen LogP contribution in [0.2, 0.25) is 0 Å². The van der Waals surface area contributed by atoms with Crippen molar-refractivity contribution < 1.29 is 9.53 Å². The van der Waals surface area contributed by atoms with Crippen molar-refractivity contribution in [2.45, 2.75) is 40.0 Å². The SMILES string of the molecule is CC1=C(/C=C/C(=O)N2CCOCC2)C(C)(C)CCC1. The molecule has 0 radical (unpaired) electrons. The first kappa shape index (κ1) is 14.3. The molecule has 3 nitrogen and oxygen atoms in total. The Labute approximate surface area is 116 Å². The number of hydrogen-bond donors (Lipinski definition) is 0. The number of allylic oxidation sites excluding steroid dienone is 3. The normalized spacial score (nSPS) is 24.1. The van der Waals surface area contributed by atoms with E-state index in [1.807, 2.05) is 11.0 Å². The minimum Gasteiger partial charge on any atom is -0.378 e. The van der Waals surface area contributed by atoms with Gasteiger partial charge in [0.05, 0.1) is 13.2 Å². The molecule has 2 rings (SSSR count). The van der Waals surface area contributed by atoms with Crippen molar-refractivity contribution in [1.82, 2.24) is 4.90 Å². The second kappa shape index (κ2) is 5.91. The molecule has 0 N–H and O–H groups in total. The minimum atomic E-state index is 0.116. The second-order valence-electron chi connectivity index (χ2n) is 6.20. The Morgan fingerprint density at radius 3 is 2.63 bits per heavy atom. The van der Waals surface area contributed by atoms with Crippen molar-refractivity contribution in [2.75, 3.05) is 26.3 Å². The zero-order valence-electron chi connectivity index (χ0n) is 12.4. The van der Waals surface area contributed by atoms with Crippen molar-refractivity contribution in [2.24, 2.45) is 5.41 Å². The molecule has 3 heteroatoms. The lowest BCUT2D eigenvalue weighted by Crippen LogP contribution is -2.39. The van der Waals surface area contributed by atoms with Gasteiger partial charge in [-0.25, -0.2) is 0 Å². The lowest BCUT2D eigenvalue weighted by Gasteiger charge is -2.33. The molecule has 1 saturated heterocycles. The average molecular weight is 263 g/mol. The first-order valence-electron chi connectivity index (χ1n) is 7.26. The maximum absolute atomic E-state index is 12.1. The zero-order valence-corrected chi connectivity index (χ0v) is 12.4.